The molecule has 6 heterocycles. The summed E-state index contributed by atoms with van der Waals surface area (Å²) in [5.74, 6) is 0.545. The lowest BCUT2D eigenvalue weighted by Gasteiger charge is -2.28. The molecule has 4 aromatic heterocycles. The standard InChI is InChI=1S/C30H28FN3O3.C28H28FN5O4/c1-30(12-13-30)11-10-26(35)33-15-5-7-20(19-33)22-17-23(21-8-3-4-9-25(21)36-2)29-24(28(22)31)18-27(37-29)34-16-6-14-32-34;1-32(2)28(36)24-16-22-26(29)20(15-21(27(22)38-24)19-8-4-5-9-23(19)37-3)18-7-6-12-33(17-18)25(35)10-13-34-14-11-30-31-34/h3-4,6-9,12-14,16-18H,5,10-11,15,19H2,1-2H3;4-5,7-9,11,14-16H,6,10,12-13,17H2,1-3H3. The molecule has 3 amide bonds. The van der Waals surface area contributed by atoms with Gasteiger partial charge in [-0.05, 0) is 60.7 Å². The highest BCUT2D eigenvalue weighted by atomic mass is 19.1. The Morgan fingerprint density at radius 3 is 1.80 bits per heavy atom. The molecule has 11 rings (SSSR count). The van der Waals surface area contributed by atoms with Gasteiger partial charge < -0.3 is 33.0 Å². The molecule has 384 valence electrons. The highest BCUT2D eigenvalue weighted by Gasteiger charge is 2.31. The summed E-state index contributed by atoms with van der Waals surface area (Å²) in [7, 11) is 6.40. The van der Waals surface area contributed by atoms with Gasteiger partial charge in [-0.2, -0.15) is 5.10 Å². The number of ether oxygens (including phenoxy) is 2. The number of carbonyl (C=O) groups is 3. The van der Waals surface area contributed by atoms with Crippen LogP contribution in [0.4, 0.5) is 8.78 Å². The van der Waals surface area contributed by atoms with Crippen LogP contribution in [0.3, 0.4) is 0 Å². The summed E-state index contributed by atoms with van der Waals surface area (Å²) in [6.45, 7) is 4.39. The molecule has 15 nitrogen and oxygen atoms in total. The number of benzene rings is 4. The van der Waals surface area contributed by atoms with Crippen molar-refractivity contribution in [2.45, 2.75) is 45.6 Å². The summed E-state index contributed by atoms with van der Waals surface area (Å²) in [6.07, 6.45) is 17.8. The largest absolute Gasteiger partial charge is 0.496 e. The number of aromatic nitrogens is 5. The number of halogens is 2. The zero-order valence-corrected chi connectivity index (χ0v) is 42.4. The van der Waals surface area contributed by atoms with E-state index >= 15 is 8.78 Å². The smallest absolute Gasteiger partial charge is 0.289 e. The van der Waals surface area contributed by atoms with Gasteiger partial charge in [0.05, 0.1) is 37.7 Å². The molecule has 0 saturated heterocycles. The molecule has 2 aliphatic heterocycles. The predicted molar refractivity (Wildman–Crippen MR) is 281 cm³/mol. The fourth-order valence-corrected chi connectivity index (χ4v) is 9.64. The highest BCUT2D eigenvalue weighted by molar-refractivity contribution is 6.03. The lowest BCUT2D eigenvalue weighted by atomic mass is 9.93. The van der Waals surface area contributed by atoms with Crippen LogP contribution in [0.15, 0.2) is 137 Å². The number of furan rings is 2. The van der Waals surface area contributed by atoms with Gasteiger partial charge in [0.1, 0.15) is 34.3 Å². The molecule has 1 aliphatic carbocycles. The lowest BCUT2D eigenvalue weighted by Crippen LogP contribution is -2.36. The Kier molecular flexibility index (Phi) is 14.0. The number of allylic oxidation sites excluding steroid dienone is 2. The number of hydrogen-bond acceptors (Lipinski definition) is 10. The van der Waals surface area contributed by atoms with Crippen molar-refractivity contribution in [3.05, 3.63) is 156 Å². The number of fused-ring (bicyclic) bond motifs is 2. The van der Waals surface area contributed by atoms with E-state index in [9.17, 15) is 14.4 Å². The maximum Gasteiger partial charge on any atom is 0.289 e. The molecule has 75 heavy (non-hydrogen) atoms. The number of hydrogen-bond donors (Lipinski definition) is 0. The van der Waals surface area contributed by atoms with Crippen molar-refractivity contribution in [1.29, 1.82) is 0 Å². The maximum atomic E-state index is 16.2. The monoisotopic (exact) mass is 1010 g/mol. The summed E-state index contributed by atoms with van der Waals surface area (Å²) in [5, 5.41) is 12.5. The SMILES string of the molecule is COc1ccccc1-c1cc(C2=CCCN(C(=O)CCC3(C)C=C3)C2)c(F)c2cc(-n3cccn3)oc12.COc1ccccc1-c1cc(C2=CCCN(C(=O)CCn3ccnn3)C2)c(F)c2cc(C(=O)N(C)C)oc12. The number of para-hydroxylation sites is 2. The number of amides is 3. The van der Waals surface area contributed by atoms with Crippen molar-refractivity contribution < 1.29 is 41.5 Å². The van der Waals surface area contributed by atoms with Gasteiger partial charge >= 0.3 is 0 Å². The van der Waals surface area contributed by atoms with Crippen LogP contribution in [0.1, 0.15) is 60.7 Å². The first-order chi connectivity index (χ1) is 36.3. The van der Waals surface area contributed by atoms with E-state index in [1.807, 2.05) is 71.6 Å². The van der Waals surface area contributed by atoms with E-state index in [2.05, 4.69) is 34.5 Å². The molecule has 0 bridgehead atoms. The molecule has 0 unspecified atom stereocenters. The Bertz CT molecular complexity index is 3530. The number of carbonyl (C=O) groups excluding carboxylic acids is 3. The van der Waals surface area contributed by atoms with Gasteiger partial charge in [-0.1, -0.05) is 72.8 Å². The zero-order valence-electron chi connectivity index (χ0n) is 42.4. The van der Waals surface area contributed by atoms with E-state index in [4.69, 9.17) is 18.3 Å². The van der Waals surface area contributed by atoms with Crippen molar-refractivity contribution in [3.8, 4) is 39.6 Å². The second-order valence-electron chi connectivity index (χ2n) is 19.2. The van der Waals surface area contributed by atoms with E-state index in [0.717, 1.165) is 23.1 Å². The van der Waals surface area contributed by atoms with Gasteiger partial charge in [0.2, 0.25) is 17.7 Å². The molecule has 0 saturated carbocycles. The second-order valence-corrected chi connectivity index (χ2v) is 19.2. The third kappa shape index (κ3) is 10.3. The number of rotatable bonds is 14. The molecule has 0 atom stereocenters. The molecular weight excluding hydrogens is 959 g/mol. The highest BCUT2D eigenvalue weighted by Crippen LogP contribution is 2.44. The molecule has 0 N–H and O–H groups in total. The lowest BCUT2D eigenvalue weighted by molar-refractivity contribution is -0.131. The molecule has 8 aromatic rings. The van der Waals surface area contributed by atoms with E-state index < -0.39 is 5.82 Å². The number of nitrogens with zero attached hydrogens (tertiary/aromatic N) is 8. The summed E-state index contributed by atoms with van der Waals surface area (Å²) in [6, 6.07) is 23.4. The average Bonchev–Trinajstić information content (AvgIpc) is 4.10. The minimum Gasteiger partial charge on any atom is -0.496 e. The molecule has 4 aromatic carbocycles. The van der Waals surface area contributed by atoms with Gasteiger partial charge in [0, 0.05) is 123 Å². The van der Waals surface area contributed by atoms with Crippen LogP contribution >= 0.6 is 0 Å². The fraction of sp³-hybridized carbons (Fsp3) is 0.276. The molecule has 17 heteroatoms. The third-order valence-electron chi connectivity index (χ3n) is 13.9. The second kappa shape index (κ2) is 21.1. The molecular formula is C58H56F2N8O7. The van der Waals surface area contributed by atoms with Crippen LogP contribution in [0.25, 0.3) is 61.2 Å². The maximum absolute atomic E-state index is 16.2. The Labute approximate surface area is 431 Å². The quantitative estimate of drug-likeness (QED) is 0.0962. The first kappa shape index (κ1) is 50.0. The predicted octanol–water partition coefficient (Wildman–Crippen LogP) is 10.7. The molecule has 0 radical (unpaired) electrons. The third-order valence-corrected chi connectivity index (χ3v) is 13.9. The summed E-state index contributed by atoms with van der Waals surface area (Å²) in [4.78, 5) is 43.6. The van der Waals surface area contributed by atoms with E-state index in [1.54, 1.807) is 85.6 Å². The van der Waals surface area contributed by atoms with E-state index in [0.29, 0.717) is 102 Å². The molecule has 0 spiro atoms. The van der Waals surface area contributed by atoms with Crippen LogP contribution in [-0.2, 0) is 16.1 Å². The van der Waals surface area contributed by atoms with Crippen molar-refractivity contribution in [3.63, 3.8) is 0 Å². The van der Waals surface area contributed by atoms with Crippen LogP contribution in [0.5, 0.6) is 11.5 Å². The number of methoxy groups -OCH3 is 2. The van der Waals surface area contributed by atoms with Crippen molar-refractivity contribution >= 4 is 50.8 Å². The van der Waals surface area contributed by atoms with Crippen LogP contribution in [-0.4, -0.2) is 112 Å². The first-order valence-corrected chi connectivity index (χ1v) is 24.8. The van der Waals surface area contributed by atoms with Crippen molar-refractivity contribution in [2.75, 3.05) is 54.5 Å². The minimum atomic E-state index is -0.497. The molecule has 3 aliphatic rings. The van der Waals surface area contributed by atoms with E-state index in [-0.39, 0.29) is 58.6 Å². The Hall–Kier alpha value is -8.60. The van der Waals surface area contributed by atoms with Gasteiger partial charge in [0.15, 0.2) is 5.76 Å². The zero-order chi connectivity index (χ0) is 52.4. The Morgan fingerprint density at radius 2 is 1.27 bits per heavy atom. The van der Waals surface area contributed by atoms with Crippen LogP contribution in [0.2, 0.25) is 0 Å². The van der Waals surface area contributed by atoms with Crippen LogP contribution in [0, 0.1) is 17.0 Å². The van der Waals surface area contributed by atoms with Crippen molar-refractivity contribution in [1.82, 2.24) is 39.5 Å². The summed E-state index contributed by atoms with van der Waals surface area (Å²) >= 11 is 0. The van der Waals surface area contributed by atoms with Gasteiger partial charge in [0.25, 0.3) is 5.91 Å². The van der Waals surface area contributed by atoms with Crippen LogP contribution < -0.4 is 9.47 Å². The van der Waals surface area contributed by atoms with Gasteiger partial charge in [-0.25, -0.2) is 13.5 Å². The number of aryl methyl sites for hydroxylation is 1. The fourth-order valence-electron chi connectivity index (χ4n) is 9.64. The minimum absolute atomic E-state index is 0.0414. The van der Waals surface area contributed by atoms with E-state index in [1.165, 1.54) is 11.0 Å². The molecule has 0 fully saturated rings. The summed E-state index contributed by atoms with van der Waals surface area (Å²) in [5.41, 5.74) is 5.91. The average molecular weight is 1020 g/mol. The Morgan fingerprint density at radius 1 is 0.693 bits per heavy atom. The van der Waals surface area contributed by atoms with Crippen molar-refractivity contribution in [2.24, 2.45) is 5.41 Å². The normalized spacial score (nSPS) is 14.8. The summed E-state index contributed by atoms with van der Waals surface area (Å²) < 4.78 is 58.7. The Balaban J connectivity index is 0.000000171. The van der Waals surface area contributed by atoms with Gasteiger partial charge in [-0.3, -0.25) is 19.1 Å². The van der Waals surface area contributed by atoms with Gasteiger partial charge in [-0.15, -0.1) is 5.10 Å². The first-order valence-electron chi connectivity index (χ1n) is 24.8. The topological polar surface area (TPSA) is 154 Å².